The molecule has 21 heavy (non-hydrogen) atoms. The highest BCUT2D eigenvalue weighted by molar-refractivity contribution is 7.80. The van der Waals surface area contributed by atoms with Gasteiger partial charge >= 0.3 is 0 Å². The van der Waals surface area contributed by atoms with Gasteiger partial charge in [-0.3, -0.25) is 5.43 Å². The third-order valence-corrected chi connectivity index (χ3v) is 2.77. The second-order valence-corrected chi connectivity index (χ2v) is 4.52. The van der Waals surface area contributed by atoms with Gasteiger partial charge in [-0.15, -0.1) is 0 Å². The van der Waals surface area contributed by atoms with Crippen molar-refractivity contribution in [3.63, 3.8) is 0 Å². The second-order valence-electron chi connectivity index (χ2n) is 4.11. The van der Waals surface area contributed by atoms with Gasteiger partial charge in [-0.05, 0) is 49.3 Å². The predicted molar refractivity (Wildman–Crippen MR) is 87.1 cm³/mol. The van der Waals surface area contributed by atoms with Crippen LogP contribution in [0.25, 0.3) is 0 Å². The average molecular weight is 311 g/mol. The molecule has 0 atom stereocenters. The van der Waals surface area contributed by atoms with Gasteiger partial charge < -0.3 is 19.9 Å². The number of nitrogens with zero attached hydrogens (tertiary/aromatic N) is 1. The molecule has 7 heteroatoms. The van der Waals surface area contributed by atoms with E-state index in [4.69, 9.17) is 21.7 Å². The first kappa shape index (κ1) is 17.2. The molecule has 0 aliphatic carbocycles. The van der Waals surface area contributed by atoms with E-state index in [0.717, 1.165) is 25.1 Å². The fourth-order valence-electron chi connectivity index (χ4n) is 1.50. The molecule has 0 saturated heterocycles. The lowest BCUT2D eigenvalue weighted by molar-refractivity contribution is 0.145. The van der Waals surface area contributed by atoms with Gasteiger partial charge in [0.15, 0.2) is 16.6 Å². The summed E-state index contributed by atoms with van der Waals surface area (Å²) in [7, 11) is 1.50. The SMILES string of the molecule is CCOCCCNC(=S)N/N=C/c1ccc(O)c(OC)c1. The number of hydrogen-bond donors (Lipinski definition) is 3. The quantitative estimate of drug-likeness (QED) is 0.293. The molecule has 1 rings (SSSR count). The Morgan fingerprint density at radius 3 is 3.00 bits per heavy atom. The van der Waals surface area contributed by atoms with E-state index in [1.807, 2.05) is 6.92 Å². The lowest BCUT2D eigenvalue weighted by atomic mass is 10.2. The highest BCUT2D eigenvalue weighted by Gasteiger charge is 2.00. The number of thiocarbonyl (C=S) groups is 1. The van der Waals surface area contributed by atoms with Crippen molar-refractivity contribution in [2.24, 2.45) is 5.10 Å². The summed E-state index contributed by atoms with van der Waals surface area (Å²) in [5.41, 5.74) is 3.51. The maximum Gasteiger partial charge on any atom is 0.186 e. The van der Waals surface area contributed by atoms with Gasteiger partial charge in [0, 0.05) is 19.8 Å². The summed E-state index contributed by atoms with van der Waals surface area (Å²) in [5.74, 6) is 0.490. The second kappa shape index (κ2) is 9.95. The molecule has 0 radical (unpaired) electrons. The van der Waals surface area contributed by atoms with Crippen LogP contribution in [0.4, 0.5) is 0 Å². The number of phenolic OH excluding ortho intramolecular Hbond substituents is 1. The first-order valence-corrected chi connectivity index (χ1v) is 7.09. The maximum absolute atomic E-state index is 9.48. The van der Waals surface area contributed by atoms with Crippen LogP contribution in [-0.2, 0) is 4.74 Å². The zero-order valence-electron chi connectivity index (χ0n) is 12.3. The van der Waals surface area contributed by atoms with E-state index in [1.54, 1.807) is 24.4 Å². The van der Waals surface area contributed by atoms with Crippen molar-refractivity contribution in [2.45, 2.75) is 13.3 Å². The van der Waals surface area contributed by atoms with Gasteiger partial charge in [-0.25, -0.2) is 0 Å². The van der Waals surface area contributed by atoms with Crippen LogP contribution in [-0.4, -0.2) is 43.3 Å². The van der Waals surface area contributed by atoms with E-state index in [-0.39, 0.29) is 5.75 Å². The number of phenols is 1. The third kappa shape index (κ3) is 6.92. The number of ether oxygens (including phenoxy) is 2. The zero-order chi connectivity index (χ0) is 15.5. The van der Waals surface area contributed by atoms with Gasteiger partial charge in [-0.2, -0.15) is 5.10 Å². The predicted octanol–water partition coefficient (Wildman–Crippen LogP) is 1.63. The molecule has 0 aliphatic heterocycles. The first-order valence-electron chi connectivity index (χ1n) is 6.69. The number of nitrogens with one attached hydrogen (secondary N) is 2. The molecule has 0 aliphatic rings. The Balaban J connectivity index is 2.32. The molecule has 0 heterocycles. The Morgan fingerprint density at radius 2 is 2.29 bits per heavy atom. The minimum absolute atomic E-state index is 0.0918. The smallest absolute Gasteiger partial charge is 0.186 e. The molecule has 0 bridgehead atoms. The minimum atomic E-state index is 0.0918. The van der Waals surface area contributed by atoms with E-state index in [9.17, 15) is 5.11 Å². The van der Waals surface area contributed by atoms with Gasteiger partial charge in [0.1, 0.15) is 0 Å². The molecule has 116 valence electrons. The van der Waals surface area contributed by atoms with Crippen molar-refractivity contribution in [3.8, 4) is 11.5 Å². The van der Waals surface area contributed by atoms with Crippen LogP contribution in [0.2, 0.25) is 0 Å². The van der Waals surface area contributed by atoms with Crippen molar-refractivity contribution >= 4 is 23.5 Å². The standard InChI is InChI=1S/C14H21N3O3S/c1-3-20-8-4-7-15-14(21)17-16-10-11-5-6-12(18)13(9-11)19-2/h5-6,9-10,18H,3-4,7-8H2,1-2H3,(H2,15,17,21)/b16-10+. The van der Waals surface area contributed by atoms with Crippen LogP contribution in [0.15, 0.2) is 23.3 Å². The average Bonchev–Trinajstić information content (AvgIpc) is 2.48. The molecule has 6 nitrogen and oxygen atoms in total. The number of hydrazone groups is 1. The Labute approximate surface area is 130 Å². The molecule has 0 saturated carbocycles. The minimum Gasteiger partial charge on any atom is -0.504 e. The Hall–Kier alpha value is -1.86. The number of aromatic hydroxyl groups is 1. The van der Waals surface area contributed by atoms with E-state index in [2.05, 4.69) is 15.8 Å². The molecule has 3 N–H and O–H groups in total. The van der Waals surface area contributed by atoms with Gasteiger partial charge in [-0.1, -0.05) is 0 Å². The largest absolute Gasteiger partial charge is 0.504 e. The van der Waals surface area contributed by atoms with E-state index >= 15 is 0 Å². The van der Waals surface area contributed by atoms with Gasteiger partial charge in [0.25, 0.3) is 0 Å². The maximum atomic E-state index is 9.48. The molecule has 1 aromatic carbocycles. The Morgan fingerprint density at radius 1 is 1.48 bits per heavy atom. The summed E-state index contributed by atoms with van der Waals surface area (Å²) in [6.07, 6.45) is 2.48. The molecule has 0 fully saturated rings. The topological polar surface area (TPSA) is 75.1 Å². The number of hydrogen-bond acceptors (Lipinski definition) is 5. The van der Waals surface area contributed by atoms with E-state index in [0.29, 0.717) is 17.5 Å². The molecule has 0 amide bonds. The van der Waals surface area contributed by atoms with Crippen LogP contribution in [0.5, 0.6) is 11.5 Å². The summed E-state index contributed by atoms with van der Waals surface area (Å²) in [4.78, 5) is 0. The van der Waals surface area contributed by atoms with E-state index in [1.165, 1.54) is 7.11 Å². The lowest BCUT2D eigenvalue weighted by Gasteiger charge is -2.07. The highest BCUT2D eigenvalue weighted by Crippen LogP contribution is 2.25. The molecule has 0 unspecified atom stereocenters. The fourth-order valence-corrected chi connectivity index (χ4v) is 1.65. The lowest BCUT2D eigenvalue weighted by Crippen LogP contribution is -2.33. The Bertz CT molecular complexity index is 481. The number of benzene rings is 1. The molecule has 1 aromatic rings. The number of methoxy groups -OCH3 is 1. The summed E-state index contributed by atoms with van der Waals surface area (Å²) < 4.78 is 10.2. The Kier molecular flexibility index (Phi) is 8.15. The zero-order valence-corrected chi connectivity index (χ0v) is 13.1. The summed E-state index contributed by atoms with van der Waals surface area (Å²) in [6.45, 7) is 4.13. The molecular formula is C14H21N3O3S. The summed E-state index contributed by atoms with van der Waals surface area (Å²) in [6, 6.07) is 4.95. The van der Waals surface area contributed by atoms with Crippen LogP contribution in [0.1, 0.15) is 18.9 Å². The van der Waals surface area contributed by atoms with Crippen molar-refractivity contribution in [1.29, 1.82) is 0 Å². The van der Waals surface area contributed by atoms with Crippen molar-refractivity contribution in [3.05, 3.63) is 23.8 Å². The molecule has 0 aromatic heterocycles. The van der Waals surface area contributed by atoms with Crippen molar-refractivity contribution in [1.82, 2.24) is 10.7 Å². The van der Waals surface area contributed by atoms with Crippen LogP contribution in [0, 0.1) is 0 Å². The van der Waals surface area contributed by atoms with Crippen molar-refractivity contribution in [2.75, 3.05) is 26.9 Å². The van der Waals surface area contributed by atoms with Gasteiger partial charge in [0.2, 0.25) is 0 Å². The van der Waals surface area contributed by atoms with Crippen LogP contribution >= 0.6 is 12.2 Å². The third-order valence-electron chi connectivity index (χ3n) is 2.54. The number of rotatable bonds is 8. The van der Waals surface area contributed by atoms with Crippen molar-refractivity contribution < 1.29 is 14.6 Å². The fraction of sp³-hybridized carbons (Fsp3) is 0.429. The summed E-state index contributed by atoms with van der Waals surface area (Å²) in [5, 5.41) is 17.0. The highest BCUT2D eigenvalue weighted by atomic mass is 32.1. The molecule has 0 spiro atoms. The van der Waals surface area contributed by atoms with Crippen LogP contribution < -0.4 is 15.5 Å². The molecular weight excluding hydrogens is 290 g/mol. The first-order chi connectivity index (χ1) is 10.2. The van der Waals surface area contributed by atoms with Crippen LogP contribution in [0.3, 0.4) is 0 Å². The summed E-state index contributed by atoms with van der Waals surface area (Å²) >= 11 is 5.08. The normalized spacial score (nSPS) is 10.6. The van der Waals surface area contributed by atoms with Gasteiger partial charge in [0.05, 0.1) is 13.3 Å². The van der Waals surface area contributed by atoms with E-state index < -0.39 is 0 Å². The monoisotopic (exact) mass is 311 g/mol.